The van der Waals surface area contributed by atoms with Gasteiger partial charge in [0.15, 0.2) is 9.84 Å². The molecule has 0 saturated carbocycles. The zero-order valence-electron chi connectivity index (χ0n) is 14.8. The fourth-order valence-electron chi connectivity index (χ4n) is 3.88. The largest absolute Gasteiger partial charge is 0.489 e. The van der Waals surface area contributed by atoms with Crippen molar-refractivity contribution in [3.63, 3.8) is 0 Å². The van der Waals surface area contributed by atoms with E-state index in [4.69, 9.17) is 4.74 Å². The van der Waals surface area contributed by atoms with Crippen molar-refractivity contribution in [1.29, 1.82) is 5.26 Å². The quantitative estimate of drug-likeness (QED) is 0.824. The number of aliphatic hydroxyl groups excluding tert-OH is 1. The normalized spacial score (nSPS) is 20.9. The molecule has 0 aromatic heterocycles. The van der Waals surface area contributed by atoms with E-state index < -0.39 is 27.9 Å². The molecule has 2 aromatic carbocycles. The number of ether oxygens (including phenoxy) is 1. The van der Waals surface area contributed by atoms with E-state index in [2.05, 4.69) is 0 Å². The van der Waals surface area contributed by atoms with Crippen molar-refractivity contribution in [3.05, 3.63) is 46.8 Å². The summed E-state index contributed by atoms with van der Waals surface area (Å²) in [6.45, 7) is 0.497. The van der Waals surface area contributed by atoms with Gasteiger partial charge in [0.05, 0.1) is 17.0 Å². The molecule has 1 aliphatic carbocycles. The molecule has 0 fully saturated rings. The molecule has 2 aromatic rings. The monoisotopic (exact) mass is 406 g/mol. The maximum Gasteiger partial charge on any atom is 0.175 e. The molecule has 0 bridgehead atoms. The third-order valence-electron chi connectivity index (χ3n) is 5.02. The van der Waals surface area contributed by atoms with E-state index in [0.717, 1.165) is 12.3 Å². The zero-order valence-corrected chi connectivity index (χ0v) is 15.6. The first kappa shape index (κ1) is 18.7. The van der Waals surface area contributed by atoms with Gasteiger partial charge in [-0.3, -0.25) is 0 Å². The molecule has 4 rings (SSSR count). The number of halogens is 2. The Hall–Kier alpha value is -2.70. The molecule has 2 aliphatic rings. The standard InChI is InChI=1S/C19H16F2N2O4S/c1-28(25,26)16-3-2-14(12-8-13(21)19(24)17(12)16)23-4-5-27-15-7-11(20)6-10(9-22)18(15)23/h2-3,6-7,13,19,24H,4-5,8H2,1H3. The fourth-order valence-corrected chi connectivity index (χ4v) is 4.84. The van der Waals surface area contributed by atoms with Gasteiger partial charge in [-0.1, -0.05) is 0 Å². The molecule has 0 saturated heterocycles. The Morgan fingerprint density at radius 2 is 2.11 bits per heavy atom. The van der Waals surface area contributed by atoms with Gasteiger partial charge in [-0.05, 0) is 23.8 Å². The van der Waals surface area contributed by atoms with Gasteiger partial charge < -0.3 is 14.7 Å². The number of hydrogen-bond acceptors (Lipinski definition) is 6. The van der Waals surface area contributed by atoms with Crippen LogP contribution < -0.4 is 9.64 Å². The van der Waals surface area contributed by atoms with Crippen LogP contribution in [-0.4, -0.2) is 39.1 Å². The van der Waals surface area contributed by atoms with Gasteiger partial charge in [0.25, 0.3) is 0 Å². The fraction of sp³-hybridized carbons (Fsp3) is 0.316. The first-order valence-corrected chi connectivity index (χ1v) is 10.4. The second-order valence-electron chi connectivity index (χ2n) is 6.82. The lowest BCUT2D eigenvalue weighted by molar-refractivity contribution is 0.0907. The van der Waals surface area contributed by atoms with E-state index in [9.17, 15) is 27.6 Å². The summed E-state index contributed by atoms with van der Waals surface area (Å²) in [6.07, 6.45) is -2.35. The van der Waals surface area contributed by atoms with Crippen LogP contribution in [0.4, 0.5) is 20.2 Å². The summed E-state index contributed by atoms with van der Waals surface area (Å²) in [5.74, 6) is -0.437. The Bertz CT molecular complexity index is 1130. The summed E-state index contributed by atoms with van der Waals surface area (Å²) in [5.41, 5.74) is 1.26. The van der Waals surface area contributed by atoms with Crippen LogP contribution in [0, 0.1) is 17.1 Å². The summed E-state index contributed by atoms with van der Waals surface area (Å²) in [5, 5.41) is 19.7. The van der Waals surface area contributed by atoms with E-state index in [1.54, 1.807) is 4.90 Å². The molecule has 1 aliphatic heterocycles. The SMILES string of the molecule is CS(=O)(=O)c1ccc(N2CCOc3cc(F)cc(C#N)c32)c2c1C(O)C(F)C2. The maximum atomic E-state index is 14.3. The molecule has 28 heavy (non-hydrogen) atoms. The summed E-state index contributed by atoms with van der Waals surface area (Å²) in [6, 6.07) is 7.04. The number of rotatable bonds is 2. The van der Waals surface area contributed by atoms with Crippen LogP contribution in [-0.2, 0) is 16.3 Å². The summed E-state index contributed by atoms with van der Waals surface area (Å²) in [4.78, 5) is 1.57. The van der Waals surface area contributed by atoms with Crippen LogP contribution in [0.15, 0.2) is 29.2 Å². The third-order valence-corrected chi connectivity index (χ3v) is 6.18. The average molecular weight is 406 g/mol. The number of nitriles is 1. The van der Waals surface area contributed by atoms with E-state index in [0.29, 0.717) is 23.5 Å². The molecule has 146 valence electrons. The van der Waals surface area contributed by atoms with Gasteiger partial charge in [-0.15, -0.1) is 0 Å². The van der Waals surface area contributed by atoms with Crippen molar-refractivity contribution in [1.82, 2.24) is 0 Å². The van der Waals surface area contributed by atoms with Gasteiger partial charge >= 0.3 is 0 Å². The van der Waals surface area contributed by atoms with Crippen LogP contribution in [0.5, 0.6) is 5.75 Å². The van der Waals surface area contributed by atoms with Gasteiger partial charge in [0.2, 0.25) is 0 Å². The first-order valence-electron chi connectivity index (χ1n) is 8.54. The van der Waals surface area contributed by atoms with Gasteiger partial charge in [0, 0.05) is 30.0 Å². The average Bonchev–Trinajstić information content (AvgIpc) is 2.93. The highest BCUT2D eigenvalue weighted by Gasteiger charge is 2.39. The number of fused-ring (bicyclic) bond motifs is 2. The molecule has 1 N–H and O–H groups in total. The Morgan fingerprint density at radius 3 is 2.79 bits per heavy atom. The molecule has 0 amide bonds. The lowest BCUT2D eigenvalue weighted by Crippen LogP contribution is -2.30. The molecule has 6 nitrogen and oxygen atoms in total. The van der Waals surface area contributed by atoms with Crippen LogP contribution in [0.2, 0.25) is 0 Å². The van der Waals surface area contributed by atoms with Crippen molar-refractivity contribution >= 4 is 21.2 Å². The van der Waals surface area contributed by atoms with E-state index >= 15 is 0 Å². The number of hydrogen-bond donors (Lipinski definition) is 1. The van der Waals surface area contributed by atoms with E-state index in [1.165, 1.54) is 18.2 Å². The number of anilines is 2. The van der Waals surface area contributed by atoms with Crippen molar-refractivity contribution in [2.45, 2.75) is 23.6 Å². The summed E-state index contributed by atoms with van der Waals surface area (Å²) in [7, 11) is -3.68. The number of benzene rings is 2. The van der Waals surface area contributed by atoms with Crippen LogP contribution in [0.25, 0.3) is 0 Å². The van der Waals surface area contributed by atoms with Crippen LogP contribution >= 0.6 is 0 Å². The van der Waals surface area contributed by atoms with Crippen molar-refractivity contribution in [3.8, 4) is 11.8 Å². The minimum absolute atomic E-state index is 0.0427. The van der Waals surface area contributed by atoms with Crippen molar-refractivity contribution < 1.29 is 27.0 Å². The second kappa shape index (κ2) is 6.43. The molecule has 2 atom stereocenters. The second-order valence-corrected chi connectivity index (χ2v) is 8.81. The summed E-state index contributed by atoms with van der Waals surface area (Å²) < 4.78 is 57.8. The molecular weight excluding hydrogens is 390 g/mol. The zero-order chi connectivity index (χ0) is 20.2. The number of nitrogens with zero attached hydrogens (tertiary/aromatic N) is 2. The molecule has 2 unspecified atom stereocenters. The van der Waals surface area contributed by atoms with E-state index in [1.807, 2.05) is 6.07 Å². The number of sulfone groups is 1. The minimum atomic E-state index is -3.68. The van der Waals surface area contributed by atoms with Gasteiger partial charge in [0.1, 0.15) is 42.2 Å². The first-order chi connectivity index (χ1) is 13.2. The predicted molar refractivity (Wildman–Crippen MR) is 96.7 cm³/mol. The predicted octanol–water partition coefficient (Wildman–Crippen LogP) is 2.56. The number of aliphatic hydroxyl groups is 1. The molecule has 9 heteroatoms. The van der Waals surface area contributed by atoms with Crippen molar-refractivity contribution in [2.75, 3.05) is 24.3 Å². The molecular formula is C19H16F2N2O4S. The van der Waals surface area contributed by atoms with E-state index in [-0.39, 0.29) is 34.8 Å². The van der Waals surface area contributed by atoms with Gasteiger partial charge in [-0.2, -0.15) is 5.26 Å². The maximum absolute atomic E-state index is 14.3. The highest BCUT2D eigenvalue weighted by molar-refractivity contribution is 7.90. The highest BCUT2D eigenvalue weighted by atomic mass is 32.2. The smallest absolute Gasteiger partial charge is 0.175 e. The minimum Gasteiger partial charge on any atom is -0.489 e. The van der Waals surface area contributed by atoms with Crippen LogP contribution in [0.1, 0.15) is 22.8 Å². The third kappa shape index (κ3) is 2.80. The molecule has 1 heterocycles. The van der Waals surface area contributed by atoms with Crippen molar-refractivity contribution in [2.24, 2.45) is 0 Å². The highest BCUT2D eigenvalue weighted by Crippen LogP contribution is 2.47. The Labute approximate surface area is 160 Å². The molecule has 0 radical (unpaired) electrons. The Morgan fingerprint density at radius 1 is 1.36 bits per heavy atom. The molecule has 0 spiro atoms. The lowest BCUT2D eigenvalue weighted by atomic mass is 10.0. The number of alkyl halides is 1. The van der Waals surface area contributed by atoms with Crippen LogP contribution in [0.3, 0.4) is 0 Å². The lowest BCUT2D eigenvalue weighted by Gasteiger charge is -2.33. The Balaban J connectivity index is 1.96. The van der Waals surface area contributed by atoms with Gasteiger partial charge in [-0.25, -0.2) is 17.2 Å². The Kier molecular flexibility index (Phi) is 4.28. The topological polar surface area (TPSA) is 90.6 Å². The summed E-state index contributed by atoms with van der Waals surface area (Å²) >= 11 is 0.